The Hall–Kier alpha value is -2.98. The molecule has 10 heteroatoms. The Morgan fingerprint density at radius 1 is 1.21 bits per heavy atom. The molecule has 1 N–H and O–H groups in total. The van der Waals surface area contributed by atoms with Crippen molar-refractivity contribution in [2.75, 3.05) is 20.2 Å². The van der Waals surface area contributed by atoms with Gasteiger partial charge in [-0.15, -0.1) is 5.10 Å². The number of rotatable bonds is 5. The number of nitrogens with one attached hydrogen (secondary N) is 1. The maximum atomic E-state index is 13.4. The largest absolute Gasteiger partial charge is 0.496 e. The zero-order chi connectivity index (χ0) is 23.8. The van der Waals surface area contributed by atoms with Crippen LogP contribution in [0, 0.1) is 0 Å². The van der Waals surface area contributed by atoms with Gasteiger partial charge in [0.1, 0.15) is 5.75 Å². The molecule has 2 saturated heterocycles. The molecule has 0 aliphatic carbocycles. The van der Waals surface area contributed by atoms with Crippen LogP contribution in [-0.2, 0) is 17.3 Å². The topological polar surface area (TPSA) is 74.1 Å². The fraction of sp³-hybridized carbons (Fsp3) is 0.458. The molecule has 0 amide bonds. The minimum absolute atomic E-state index is 0.0687. The van der Waals surface area contributed by atoms with Gasteiger partial charge in [0.05, 0.1) is 24.5 Å². The minimum Gasteiger partial charge on any atom is -0.496 e. The number of alkyl halides is 3. The fourth-order valence-corrected chi connectivity index (χ4v) is 5.22. The summed E-state index contributed by atoms with van der Waals surface area (Å²) >= 11 is 0. The summed E-state index contributed by atoms with van der Waals surface area (Å²) < 4.78 is 53.4. The van der Waals surface area contributed by atoms with Gasteiger partial charge in [-0.2, -0.15) is 17.9 Å². The van der Waals surface area contributed by atoms with Crippen molar-refractivity contribution in [3.63, 3.8) is 0 Å². The van der Waals surface area contributed by atoms with E-state index in [1.54, 1.807) is 19.2 Å². The van der Waals surface area contributed by atoms with Crippen LogP contribution in [0.1, 0.15) is 42.1 Å². The maximum Gasteiger partial charge on any atom is 0.453 e. The molecule has 180 valence electrons. The molecule has 0 bridgehead atoms. The quantitative estimate of drug-likeness (QED) is 0.606. The van der Waals surface area contributed by atoms with Crippen molar-refractivity contribution < 1.29 is 22.6 Å². The maximum absolute atomic E-state index is 13.4. The van der Waals surface area contributed by atoms with Crippen LogP contribution >= 0.6 is 0 Å². The van der Waals surface area contributed by atoms with Gasteiger partial charge in [-0.05, 0) is 66.4 Å². The molecule has 1 spiro atoms. The summed E-state index contributed by atoms with van der Waals surface area (Å²) in [7, 11) is 1.57. The first-order chi connectivity index (χ1) is 16.4. The van der Waals surface area contributed by atoms with Gasteiger partial charge in [-0.25, -0.2) is 0 Å². The van der Waals surface area contributed by atoms with Crippen LogP contribution < -0.4 is 10.1 Å². The SMILES string of the molecule is COc1ccc(-n2nnnc2C(F)(F)F)cc1C1CC2(CCCNC2)OC1Cc1ccccc1. The standard InChI is InChI=1S/C24H26F3N5O2/c1-33-20-9-8-17(32-22(24(25,26)27)29-30-31-32)13-18(20)19-14-23(10-5-11-28-15-23)34-21(19)12-16-6-3-2-4-7-16/h2-4,6-9,13,19,21,28H,5,10-12,14-15H2,1H3. The minimum atomic E-state index is -4.67. The van der Waals surface area contributed by atoms with Crippen LogP contribution in [0.3, 0.4) is 0 Å². The lowest BCUT2D eigenvalue weighted by atomic mass is 9.81. The number of hydrogen-bond acceptors (Lipinski definition) is 6. The van der Waals surface area contributed by atoms with Crippen molar-refractivity contribution in [1.82, 2.24) is 25.5 Å². The summed E-state index contributed by atoms with van der Waals surface area (Å²) in [6.45, 7) is 1.71. The number of methoxy groups -OCH3 is 1. The van der Waals surface area contributed by atoms with Crippen LogP contribution in [0.2, 0.25) is 0 Å². The van der Waals surface area contributed by atoms with Crippen LogP contribution in [0.4, 0.5) is 13.2 Å². The van der Waals surface area contributed by atoms with Crippen molar-refractivity contribution in [2.45, 2.75) is 49.5 Å². The fourth-order valence-electron chi connectivity index (χ4n) is 5.22. The number of piperidine rings is 1. The lowest BCUT2D eigenvalue weighted by Gasteiger charge is -2.33. The molecule has 1 aromatic heterocycles. The summed E-state index contributed by atoms with van der Waals surface area (Å²) in [6, 6.07) is 15.0. The van der Waals surface area contributed by atoms with Crippen LogP contribution in [0.25, 0.3) is 5.69 Å². The van der Waals surface area contributed by atoms with Crippen molar-refractivity contribution in [1.29, 1.82) is 0 Å². The predicted octanol–water partition coefficient (Wildman–Crippen LogP) is 3.93. The zero-order valence-electron chi connectivity index (χ0n) is 18.8. The van der Waals surface area contributed by atoms with Crippen molar-refractivity contribution in [3.8, 4) is 11.4 Å². The Balaban J connectivity index is 1.55. The molecule has 0 saturated carbocycles. The number of hydrogen-bond donors (Lipinski definition) is 1. The van der Waals surface area contributed by atoms with Gasteiger partial charge in [0.2, 0.25) is 0 Å². The Morgan fingerprint density at radius 2 is 2.03 bits per heavy atom. The predicted molar refractivity (Wildman–Crippen MR) is 118 cm³/mol. The van der Waals surface area contributed by atoms with E-state index in [1.165, 1.54) is 6.07 Å². The van der Waals surface area contributed by atoms with E-state index in [0.29, 0.717) is 12.2 Å². The molecule has 2 aliphatic rings. The third-order valence-corrected chi connectivity index (χ3v) is 6.74. The van der Waals surface area contributed by atoms with E-state index in [9.17, 15) is 13.2 Å². The second-order valence-corrected chi connectivity index (χ2v) is 8.96. The second-order valence-electron chi connectivity index (χ2n) is 8.96. The van der Waals surface area contributed by atoms with Crippen molar-refractivity contribution >= 4 is 0 Å². The zero-order valence-corrected chi connectivity index (χ0v) is 18.8. The van der Waals surface area contributed by atoms with E-state index < -0.39 is 12.0 Å². The Kier molecular flexibility index (Phi) is 6.03. The van der Waals surface area contributed by atoms with E-state index in [2.05, 4.69) is 33.0 Å². The highest BCUT2D eigenvalue weighted by atomic mass is 19.4. The summed E-state index contributed by atoms with van der Waals surface area (Å²) in [5.74, 6) is -0.626. The highest BCUT2D eigenvalue weighted by Crippen LogP contribution is 2.48. The highest BCUT2D eigenvalue weighted by molar-refractivity contribution is 5.47. The molecular weight excluding hydrogens is 447 g/mol. The van der Waals surface area contributed by atoms with Gasteiger partial charge >= 0.3 is 6.18 Å². The monoisotopic (exact) mass is 473 g/mol. The van der Waals surface area contributed by atoms with Gasteiger partial charge in [0.25, 0.3) is 5.82 Å². The second kappa shape index (κ2) is 8.99. The Morgan fingerprint density at radius 3 is 2.74 bits per heavy atom. The number of tetrazole rings is 1. The average Bonchev–Trinajstić information content (AvgIpc) is 3.46. The molecule has 7 nitrogen and oxygen atoms in total. The number of benzene rings is 2. The number of halogens is 3. The average molecular weight is 473 g/mol. The summed E-state index contributed by atoms with van der Waals surface area (Å²) in [6.07, 6.45) is -1.43. The number of ether oxygens (including phenoxy) is 2. The van der Waals surface area contributed by atoms with E-state index in [1.807, 2.05) is 18.2 Å². The van der Waals surface area contributed by atoms with Crippen molar-refractivity contribution in [2.24, 2.45) is 0 Å². The molecular formula is C24H26F3N5O2. The van der Waals surface area contributed by atoms with Gasteiger partial charge < -0.3 is 14.8 Å². The number of nitrogens with zero attached hydrogens (tertiary/aromatic N) is 4. The molecule has 34 heavy (non-hydrogen) atoms. The highest BCUT2D eigenvalue weighted by Gasteiger charge is 2.48. The first kappa shape index (κ1) is 22.8. The van der Waals surface area contributed by atoms with Gasteiger partial charge in [-0.3, -0.25) is 0 Å². The molecule has 5 rings (SSSR count). The summed E-state index contributed by atoms with van der Waals surface area (Å²) in [4.78, 5) is 0. The molecule has 3 atom stereocenters. The third kappa shape index (κ3) is 4.39. The van der Waals surface area contributed by atoms with Crippen LogP contribution in [-0.4, -0.2) is 52.1 Å². The van der Waals surface area contributed by atoms with E-state index in [4.69, 9.17) is 9.47 Å². The van der Waals surface area contributed by atoms with E-state index in [-0.39, 0.29) is 23.3 Å². The van der Waals surface area contributed by atoms with Gasteiger partial charge in [-0.1, -0.05) is 30.3 Å². The molecule has 2 fully saturated rings. The first-order valence-corrected chi connectivity index (χ1v) is 11.3. The molecule has 3 aromatic rings. The Labute approximate surface area is 195 Å². The molecule has 2 aliphatic heterocycles. The lowest BCUT2D eigenvalue weighted by Crippen LogP contribution is -2.45. The normalized spacial score (nSPS) is 25.1. The van der Waals surface area contributed by atoms with E-state index >= 15 is 0 Å². The van der Waals surface area contributed by atoms with Crippen molar-refractivity contribution in [3.05, 3.63) is 65.5 Å². The Bertz CT molecular complexity index is 1130. The van der Waals surface area contributed by atoms with Crippen LogP contribution in [0.5, 0.6) is 5.75 Å². The molecule has 0 radical (unpaired) electrons. The smallest absolute Gasteiger partial charge is 0.453 e. The third-order valence-electron chi connectivity index (χ3n) is 6.74. The molecule has 3 heterocycles. The summed E-state index contributed by atoms with van der Waals surface area (Å²) in [5.41, 5.74) is 1.87. The van der Waals surface area contributed by atoms with E-state index in [0.717, 1.165) is 48.2 Å². The number of aromatic nitrogens is 4. The van der Waals surface area contributed by atoms with Crippen LogP contribution in [0.15, 0.2) is 48.5 Å². The van der Waals surface area contributed by atoms with Gasteiger partial charge in [0.15, 0.2) is 0 Å². The summed E-state index contributed by atoms with van der Waals surface area (Å²) in [5, 5.41) is 13.5. The first-order valence-electron chi connectivity index (χ1n) is 11.3. The molecule has 3 unspecified atom stereocenters. The molecule has 2 aromatic carbocycles. The lowest BCUT2D eigenvalue weighted by molar-refractivity contribution is -0.146. The van der Waals surface area contributed by atoms with Gasteiger partial charge in [0, 0.05) is 18.0 Å².